The number of aromatic nitrogens is 4. The number of ether oxygens (including phenoxy) is 1. The van der Waals surface area contributed by atoms with E-state index in [0.29, 0.717) is 35.3 Å². The highest BCUT2D eigenvalue weighted by atomic mass is 19.3. The summed E-state index contributed by atoms with van der Waals surface area (Å²) in [7, 11) is 0. The first-order valence-corrected chi connectivity index (χ1v) is 10.8. The molecule has 0 atom stereocenters. The lowest BCUT2D eigenvalue weighted by Gasteiger charge is -2.12. The van der Waals surface area contributed by atoms with Crippen LogP contribution in [-0.2, 0) is 10.7 Å². The summed E-state index contributed by atoms with van der Waals surface area (Å²) in [6.45, 7) is 2.37. The average molecular weight is 482 g/mol. The molecular weight excluding hydrogens is 462 g/mol. The smallest absolute Gasteiger partial charge is 0.304 e. The second kappa shape index (κ2) is 8.46. The van der Waals surface area contributed by atoms with E-state index < -0.39 is 23.3 Å². The number of nitrogens with one attached hydrogen (secondary N) is 2. The van der Waals surface area contributed by atoms with E-state index >= 15 is 0 Å². The number of oxazole rings is 1. The fraction of sp³-hybridized carbons (Fsp3) is 0.261. The average Bonchev–Trinajstić information content (AvgIpc) is 3.38. The maximum Gasteiger partial charge on any atom is 0.304 e. The summed E-state index contributed by atoms with van der Waals surface area (Å²) >= 11 is 0. The number of alkyl halides is 2. The molecule has 3 heterocycles. The number of benzene rings is 1. The Morgan fingerprint density at radius 1 is 1.17 bits per heavy atom. The van der Waals surface area contributed by atoms with Gasteiger partial charge in [0, 0.05) is 24.6 Å². The van der Waals surface area contributed by atoms with Crippen molar-refractivity contribution in [2.45, 2.75) is 32.6 Å². The van der Waals surface area contributed by atoms with Crippen LogP contribution in [0.15, 0.2) is 47.3 Å². The molecule has 3 aromatic heterocycles. The normalized spacial score (nSPS) is 13.6. The molecule has 180 valence electrons. The number of fused-ring (bicyclic) bond motifs is 1. The number of hydrogen-bond donors (Lipinski definition) is 2. The third-order valence-corrected chi connectivity index (χ3v) is 5.36. The molecule has 1 saturated carbocycles. The zero-order valence-electron chi connectivity index (χ0n) is 18.7. The SMILES string of the molecule is Cc1ccc(Oc2ccc3nc(NC(=O)C4CC4)nn3c2)cc1NC(=O)c1ncoc1C(C)(F)F. The van der Waals surface area contributed by atoms with Gasteiger partial charge in [0.2, 0.25) is 17.6 Å². The lowest BCUT2D eigenvalue weighted by molar-refractivity contribution is -0.117. The number of aryl methyl sites for hydroxylation is 1. The quantitative estimate of drug-likeness (QED) is 0.397. The zero-order valence-corrected chi connectivity index (χ0v) is 18.7. The fourth-order valence-corrected chi connectivity index (χ4v) is 3.37. The van der Waals surface area contributed by atoms with Crippen molar-refractivity contribution in [1.29, 1.82) is 0 Å². The van der Waals surface area contributed by atoms with Gasteiger partial charge in [-0.3, -0.25) is 14.9 Å². The molecule has 12 heteroatoms. The highest BCUT2D eigenvalue weighted by Crippen LogP contribution is 2.32. The third kappa shape index (κ3) is 4.81. The molecule has 1 aromatic carbocycles. The van der Waals surface area contributed by atoms with Crippen LogP contribution < -0.4 is 15.4 Å². The fourth-order valence-electron chi connectivity index (χ4n) is 3.37. The summed E-state index contributed by atoms with van der Waals surface area (Å²) < 4.78 is 39.4. The molecule has 4 aromatic rings. The van der Waals surface area contributed by atoms with Crippen molar-refractivity contribution in [2.75, 3.05) is 10.6 Å². The molecule has 0 radical (unpaired) electrons. The number of hydrogen-bond acceptors (Lipinski definition) is 7. The summed E-state index contributed by atoms with van der Waals surface area (Å²) in [6.07, 6.45) is 4.15. The van der Waals surface area contributed by atoms with E-state index in [1.807, 2.05) is 0 Å². The van der Waals surface area contributed by atoms with Crippen LogP contribution in [0.5, 0.6) is 11.5 Å². The van der Waals surface area contributed by atoms with Gasteiger partial charge in [-0.2, -0.15) is 13.8 Å². The van der Waals surface area contributed by atoms with Crippen molar-refractivity contribution in [3.05, 3.63) is 59.9 Å². The van der Waals surface area contributed by atoms with Gasteiger partial charge in [-0.15, -0.1) is 5.10 Å². The first kappa shape index (κ1) is 22.4. The number of pyridine rings is 1. The monoisotopic (exact) mass is 482 g/mol. The summed E-state index contributed by atoms with van der Waals surface area (Å²) in [5.41, 5.74) is 1.07. The van der Waals surface area contributed by atoms with E-state index in [4.69, 9.17) is 9.15 Å². The van der Waals surface area contributed by atoms with E-state index in [1.165, 1.54) is 4.52 Å². The first-order chi connectivity index (χ1) is 16.7. The largest absolute Gasteiger partial charge is 0.456 e. The topological polar surface area (TPSA) is 124 Å². The molecule has 1 aliphatic carbocycles. The van der Waals surface area contributed by atoms with Gasteiger partial charge < -0.3 is 14.5 Å². The van der Waals surface area contributed by atoms with Gasteiger partial charge in [-0.1, -0.05) is 6.07 Å². The van der Waals surface area contributed by atoms with Crippen molar-refractivity contribution in [3.8, 4) is 11.5 Å². The molecule has 35 heavy (non-hydrogen) atoms. The first-order valence-electron chi connectivity index (χ1n) is 10.8. The van der Waals surface area contributed by atoms with Crippen LogP contribution in [-0.4, -0.2) is 31.4 Å². The minimum Gasteiger partial charge on any atom is -0.456 e. The predicted molar refractivity (Wildman–Crippen MR) is 120 cm³/mol. The Kier molecular flexibility index (Phi) is 5.42. The van der Waals surface area contributed by atoms with E-state index in [1.54, 1.807) is 43.5 Å². The Bertz CT molecular complexity index is 1440. The molecule has 0 saturated heterocycles. The van der Waals surface area contributed by atoms with Crippen molar-refractivity contribution >= 4 is 29.1 Å². The molecular formula is C23H20F2N6O4. The second-order valence-electron chi connectivity index (χ2n) is 8.32. The minimum absolute atomic E-state index is 0.0334. The van der Waals surface area contributed by atoms with Crippen LogP contribution in [0.25, 0.3) is 5.65 Å². The van der Waals surface area contributed by atoms with Crippen LogP contribution in [0.1, 0.15) is 41.6 Å². The van der Waals surface area contributed by atoms with E-state index in [2.05, 4.69) is 25.7 Å². The standard InChI is InChI=1S/C23H20F2N6O4/c1-12-3-6-14(9-16(12)27-21(33)18-19(23(2,24)25)34-11-26-18)35-15-7-8-17-28-22(30-31(17)10-15)29-20(32)13-4-5-13/h3,6-11,13H,4-5H2,1-2H3,(H,27,33)(H,29,30,32). The predicted octanol–water partition coefficient (Wildman–Crippen LogP) is 4.53. The van der Waals surface area contributed by atoms with Crippen LogP contribution >= 0.6 is 0 Å². The Labute approximate surface area is 197 Å². The van der Waals surface area contributed by atoms with Gasteiger partial charge in [-0.25, -0.2) is 9.50 Å². The Balaban J connectivity index is 1.32. The molecule has 10 nitrogen and oxygen atoms in total. The molecule has 1 aliphatic rings. The lowest BCUT2D eigenvalue weighted by Crippen LogP contribution is -2.19. The molecule has 0 spiro atoms. The number of rotatable bonds is 7. The van der Waals surface area contributed by atoms with Crippen LogP contribution in [0.3, 0.4) is 0 Å². The van der Waals surface area contributed by atoms with Crippen molar-refractivity contribution < 1.29 is 27.5 Å². The Hall–Kier alpha value is -4.35. The van der Waals surface area contributed by atoms with Gasteiger partial charge >= 0.3 is 5.92 Å². The maximum atomic E-state index is 13.7. The maximum absolute atomic E-state index is 13.7. The van der Waals surface area contributed by atoms with Gasteiger partial charge in [-0.05, 0) is 43.5 Å². The second-order valence-corrected chi connectivity index (χ2v) is 8.32. The highest BCUT2D eigenvalue weighted by Gasteiger charge is 2.35. The van der Waals surface area contributed by atoms with E-state index in [9.17, 15) is 18.4 Å². The number of carbonyl (C=O) groups excluding carboxylic acids is 2. The molecule has 2 N–H and O–H groups in total. The number of nitrogens with zero attached hydrogens (tertiary/aromatic N) is 4. The van der Waals surface area contributed by atoms with E-state index in [0.717, 1.165) is 19.2 Å². The van der Waals surface area contributed by atoms with Crippen LogP contribution in [0.4, 0.5) is 20.4 Å². The molecule has 0 unspecified atom stereocenters. The third-order valence-electron chi connectivity index (χ3n) is 5.36. The van der Waals surface area contributed by atoms with Gasteiger partial charge in [0.05, 0.1) is 6.20 Å². The van der Waals surface area contributed by atoms with Crippen molar-refractivity contribution in [2.24, 2.45) is 5.92 Å². The van der Waals surface area contributed by atoms with E-state index in [-0.39, 0.29) is 17.8 Å². The Morgan fingerprint density at radius 3 is 2.69 bits per heavy atom. The molecule has 2 amide bonds. The zero-order chi connectivity index (χ0) is 24.7. The summed E-state index contributed by atoms with van der Waals surface area (Å²) in [5.74, 6) is -4.04. The Morgan fingerprint density at radius 2 is 1.94 bits per heavy atom. The van der Waals surface area contributed by atoms with Crippen LogP contribution in [0, 0.1) is 12.8 Å². The van der Waals surface area contributed by atoms with Crippen LogP contribution in [0.2, 0.25) is 0 Å². The number of amides is 2. The number of anilines is 2. The minimum atomic E-state index is -3.36. The summed E-state index contributed by atoms with van der Waals surface area (Å²) in [6, 6.07) is 8.33. The van der Waals surface area contributed by atoms with Crippen molar-refractivity contribution in [1.82, 2.24) is 19.6 Å². The van der Waals surface area contributed by atoms with Gasteiger partial charge in [0.1, 0.15) is 11.5 Å². The molecule has 5 rings (SSSR count). The van der Waals surface area contributed by atoms with Gasteiger partial charge in [0.15, 0.2) is 17.7 Å². The summed E-state index contributed by atoms with van der Waals surface area (Å²) in [5, 5.41) is 9.52. The highest BCUT2D eigenvalue weighted by molar-refractivity contribution is 6.04. The summed E-state index contributed by atoms with van der Waals surface area (Å²) in [4.78, 5) is 32.4. The molecule has 0 bridgehead atoms. The van der Waals surface area contributed by atoms with Crippen molar-refractivity contribution in [3.63, 3.8) is 0 Å². The molecule has 1 fully saturated rings. The van der Waals surface area contributed by atoms with Gasteiger partial charge in [0.25, 0.3) is 5.91 Å². The lowest BCUT2D eigenvalue weighted by atomic mass is 10.1. The number of halogens is 2. The molecule has 0 aliphatic heterocycles. The number of carbonyl (C=O) groups is 2.